The van der Waals surface area contributed by atoms with Crippen LogP contribution in [0.1, 0.15) is 0 Å². The molecule has 0 atom stereocenters. The number of nitrogens with zero attached hydrogens (tertiary/aromatic N) is 1. The van der Waals surface area contributed by atoms with Gasteiger partial charge in [0.15, 0.2) is 4.90 Å². The van der Waals surface area contributed by atoms with Crippen LogP contribution in [-0.2, 0) is 10.0 Å². The number of para-hydroxylation sites is 1. The number of imidazole rings is 1. The highest BCUT2D eigenvalue weighted by Gasteiger charge is 2.26. The molecule has 0 radical (unpaired) electrons. The molecule has 0 bridgehead atoms. The Kier molecular flexibility index (Phi) is 3.89. The van der Waals surface area contributed by atoms with Crippen molar-refractivity contribution in [3.63, 3.8) is 0 Å². The highest BCUT2D eigenvalue weighted by Crippen LogP contribution is 2.30. The van der Waals surface area contributed by atoms with E-state index in [1.54, 1.807) is 0 Å². The standard InChI is InChI=1S/C13H9BrN4O5S/c14-7-5-9-10(16-13(19)15-9)6-8(7)17-24(22,23)12-4-2-1-3-11(12)18(20)21/h1-6,17H,(H2,15,16,19). The van der Waals surface area contributed by atoms with Gasteiger partial charge in [-0.2, -0.15) is 0 Å². The number of sulfonamides is 1. The van der Waals surface area contributed by atoms with Crippen molar-refractivity contribution < 1.29 is 13.3 Å². The third kappa shape index (κ3) is 2.90. The Balaban J connectivity index is 2.09. The molecule has 3 N–H and O–H groups in total. The molecule has 0 aliphatic rings. The molecular weight excluding hydrogens is 404 g/mol. The van der Waals surface area contributed by atoms with Crippen molar-refractivity contribution in [3.05, 3.63) is 61.5 Å². The van der Waals surface area contributed by atoms with E-state index < -0.39 is 31.2 Å². The number of nitrogens with one attached hydrogen (secondary N) is 3. The smallest absolute Gasteiger partial charge is 0.306 e. The molecule has 0 saturated carbocycles. The number of hydrogen-bond acceptors (Lipinski definition) is 5. The van der Waals surface area contributed by atoms with E-state index in [2.05, 4.69) is 30.6 Å². The normalized spacial score (nSPS) is 11.5. The highest BCUT2D eigenvalue weighted by atomic mass is 79.9. The Morgan fingerprint density at radius 2 is 1.75 bits per heavy atom. The Labute approximate surface area is 143 Å². The molecule has 0 unspecified atom stereocenters. The fourth-order valence-electron chi connectivity index (χ4n) is 2.17. The molecule has 0 aliphatic heterocycles. The lowest BCUT2D eigenvalue weighted by Crippen LogP contribution is -2.15. The Morgan fingerprint density at radius 3 is 2.42 bits per heavy atom. The fraction of sp³-hybridized carbons (Fsp3) is 0. The highest BCUT2D eigenvalue weighted by molar-refractivity contribution is 9.10. The third-order valence-corrected chi connectivity index (χ3v) is 5.27. The van der Waals surface area contributed by atoms with Crippen LogP contribution < -0.4 is 10.4 Å². The first-order valence-corrected chi connectivity index (χ1v) is 8.73. The van der Waals surface area contributed by atoms with Gasteiger partial charge in [-0.3, -0.25) is 14.8 Å². The quantitative estimate of drug-likeness (QED) is 0.445. The van der Waals surface area contributed by atoms with Crippen LogP contribution in [-0.4, -0.2) is 23.3 Å². The minimum Gasteiger partial charge on any atom is -0.306 e. The van der Waals surface area contributed by atoms with Gasteiger partial charge in [0.1, 0.15) is 0 Å². The molecular formula is C13H9BrN4O5S. The number of anilines is 1. The summed E-state index contributed by atoms with van der Waals surface area (Å²) in [7, 11) is -4.20. The summed E-state index contributed by atoms with van der Waals surface area (Å²) >= 11 is 3.20. The number of aromatic nitrogens is 2. The summed E-state index contributed by atoms with van der Waals surface area (Å²) in [6.45, 7) is 0. The molecule has 3 rings (SSSR count). The van der Waals surface area contributed by atoms with E-state index in [0.717, 1.165) is 12.1 Å². The first-order chi connectivity index (χ1) is 11.3. The van der Waals surface area contributed by atoms with Crippen molar-refractivity contribution in [2.24, 2.45) is 0 Å². The van der Waals surface area contributed by atoms with Crippen LogP contribution in [0.25, 0.3) is 11.0 Å². The maximum atomic E-state index is 12.5. The zero-order valence-corrected chi connectivity index (χ0v) is 14.1. The van der Waals surface area contributed by atoms with Crippen LogP contribution >= 0.6 is 15.9 Å². The average molecular weight is 413 g/mol. The summed E-state index contributed by atoms with van der Waals surface area (Å²) in [4.78, 5) is 26.1. The summed E-state index contributed by atoms with van der Waals surface area (Å²) in [5, 5.41) is 11.0. The number of rotatable bonds is 4. The van der Waals surface area contributed by atoms with E-state index in [1.807, 2.05) is 0 Å². The second-order valence-electron chi connectivity index (χ2n) is 4.79. The first-order valence-electron chi connectivity index (χ1n) is 6.46. The third-order valence-electron chi connectivity index (χ3n) is 3.20. The van der Waals surface area contributed by atoms with Crippen molar-refractivity contribution >= 4 is 48.4 Å². The van der Waals surface area contributed by atoms with Crippen molar-refractivity contribution in [3.8, 4) is 0 Å². The molecule has 0 amide bonds. The molecule has 0 aliphatic carbocycles. The monoisotopic (exact) mass is 412 g/mol. The van der Waals surface area contributed by atoms with E-state index in [0.29, 0.717) is 15.5 Å². The summed E-state index contributed by atoms with van der Waals surface area (Å²) in [5.74, 6) is 0. The van der Waals surface area contributed by atoms with Gasteiger partial charge in [0, 0.05) is 10.5 Å². The predicted octanol–water partition coefficient (Wildman–Crippen LogP) is 2.33. The summed E-state index contributed by atoms with van der Waals surface area (Å²) in [5.41, 5.74) is 0.0488. The van der Waals surface area contributed by atoms with Gasteiger partial charge in [0.05, 0.1) is 21.6 Å². The minimum absolute atomic E-state index is 0.135. The second-order valence-corrected chi connectivity index (χ2v) is 7.29. The lowest BCUT2D eigenvalue weighted by atomic mass is 10.3. The Hall–Kier alpha value is -2.66. The van der Waals surface area contributed by atoms with E-state index in [-0.39, 0.29) is 5.69 Å². The van der Waals surface area contributed by atoms with E-state index in [9.17, 15) is 23.3 Å². The van der Waals surface area contributed by atoms with E-state index in [1.165, 1.54) is 24.3 Å². The van der Waals surface area contributed by atoms with Gasteiger partial charge in [0.2, 0.25) is 0 Å². The molecule has 3 aromatic rings. The summed E-state index contributed by atoms with van der Waals surface area (Å²) in [6.07, 6.45) is 0. The van der Waals surface area contributed by atoms with Crippen LogP contribution in [0.2, 0.25) is 0 Å². The summed E-state index contributed by atoms with van der Waals surface area (Å²) < 4.78 is 27.7. The van der Waals surface area contributed by atoms with Crippen molar-refractivity contribution in [1.29, 1.82) is 0 Å². The molecule has 2 aromatic carbocycles. The van der Waals surface area contributed by atoms with Gasteiger partial charge in [0.25, 0.3) is 15.7 Å². The zero-order chi connectivity index (χ0) is 17.5. The molecule has 9 nitrogen and oxygen atoms in total. The Morgan fingerprint density at radius 1 is 1.12 bits per heavy atom. The van der Waals surface area contributed by atoms with Gasteiger partial charge >= 0.3 is 5.69 Å². The van der Waals surface area contributed by atoms with E-state index >= 15 is 0 Å². The molecule has 11 heteroatoms. The first kappa shape index (κ1) is 16.2. The van der Waals surface area contributed by atoms with Crippen LogP contribution in [0.4, 0.5) is 11.4 Å². The van der Waals surface area contributed by atoms with Gasteiger partial charge in [-0.25, -0.2) is 13.2 Å². The number of hydrogen-bond donors (Lipinski definition) is 3. The molecule has 1 aromatic heterocycles. The molecule has 0 spiro atoms. The Bertz CT molecular complexity index is 1120. The number of aromatic amines is 2. The molecule has 0 fully saturated rings. The van der Waals surface area contributed by atoms with Crippen molar-refractivity contribution in [2.75, 3.05) is 4.72 Å². The molecule has 124 valence electrons. The second kappa shape index (κ2) is 5.76. The van der Waals surface area contributed by atoms with Gasteiger partial charge in [-0.05, 0) is 34.1 Å². The van der Waals surface area contributed by atoms with Crippen LogP contribution in [0.15, 0.2) is 50.6 Å². The predicted molar refractivity (Wildman–Crippen MR) is 90.5 cm³/mol. The molecule has 0 saturated heterocycles. The van der Waals surface area contributed by atoms with Gasteiger partial charge in [-0.1, -0.05) is 12.1 Å². The number of halogens is 1. The van der Waals surface area contributed by atoms with Gasteiger partial charge < -0.3 is 9.97 Å². The lowest BCUT2D eigenvalue weighted by molar-refractivity contribution is -0.387. The molecule has 1 heterocycles. The largest absolute Gasteiger partial charge is 0.323 e. The zero-order valence-electron chi connectivity index (χ0n) is 11.7. The molecule has 24 heavy (non-hydrogen) atoms. The average Bonchev–Trinajstić information content (AvgIpc) is 2.86. The number of nitro benzene ring substituents is 1. The number of fused-ring (bicyclic) bond motifs is 1. The van der Waals surface area contributed by atoms with Crippen LogP contribution in [0.3, 0.4) is 0 Å². The van der Waals surface area contributed by atoms with E-state index in [4.69, 9.17) is 0 Å². The van der Waals surface area contributed by atoms with Crippen molar-refractivity contribution in [1.82, 2.24) is 9.97 Å². The topological polar surface area (TPSA) is 138 Å². The summed E-state index contributed by atoms with van der Waals surface area (Å²) in [6, 6.07) is 7.95. The maximum Gasteiger partial charge on any atom is 0.323 e. The van der Waals surface area contributed by atoms with Crippen LogP contribution in [0, 0.1) is 10.1 Å². The van der Waals surface area contributed by atoms with Crippen molar-refractivity contribution in [2.45, 2.75) is 4.90 Å². The fourth-order valence-corrected chi connectivity index (χ4v) is 3.99. The SMILES string of the molecule is O=c1[nH]c2cc(Br)c(NS(=O)(=O)c3ccccc3[N+](=O)[O-])cc2[nH]1. The maximum absolute atomic E-state index is 12.5. The number of H-pyrrole nitrogens is 2. The van der Waals surface area contributed by atoms with Gasteiger partial charge in [-0.15, -0.1) is 0 Å². The van der Waals surface area contributed by atoms with Crippen LogP contribution in [0.5, 0.6) is 0 Å². The number of nitro groups is 1. The lowest BCUT2D eigenvalue weighted by Gasteiger charge is -2.10. The minimum atomic E-state index is -4.20. The number of benzene rings is 2.